The van der Waals surface area contributed by atoms with Gasteiger partial charge in [-0.15, -0.1) is 0 Å². The maximum Gasteiger partial charge on any atom is 0.407 e. The van der Waals surface area contributed by atoms with Gasteiger partial charge in [0.1, 0.15) is 22.9 Å². The average molecular weight is 344 g/mol. The second-order valence-electron chi connectivity index (χ2n) is 7.02. The topological polar surface area (TPSA) is 60.5 Å². The van der Waals surface area contributed by atoms with Gasteiger partial charge < -0.3 is 14.8 Å². The number of hydrogen-bond donors (Lipinski definition) is 1. The van der Waals surface area contributed by atoms with Gasteiger partial charge in [-0.25, -0.2) is 9.18 Å². The molecular weight excluding hydrogens is 323 g/mol. The Morgan fingerprint density at radius 2 is 2.16 bits per heavy atom. The normalized spacial score (nSPS) is 16.1. The lowest BCUT2D eigenvalue weighted by Gasteiger charge is -2.22. The highest BCUT2D eigenvalue weighted by Gasteiger charge is 2.26. The summed E-state index contributed by atoms with van der Waals surface area (Å²) in [5, 5.41) is 2.76. The summed E-state index contributed by atoms with van der Waals surface area (Å²) >= 11 is 0. The number of hydrogen-bond acceptors (Lipinski definition) is 4. The molecule has 0 spiro atoms. The van der Waals surface area contributed by atoms with Crippen LogP contribution in [0.15, 0.2) is 36.5 Å². The molecular formula is C19H21FN2O3. The third kappa shape index (κ3) is 4.26. The number of aromatic nitrogens is 1. The molecule has 1 N–H and O–H groups in total. The van der Waals surface area contributed by atoms with Crippen molar-refractivity contribution in [3.8, 4) is 11.5 Å². The fraction of sp³-hybridized carbons (Fsp3) is 0.368. The molecule has 2 aromatic rings. The first-order chi connectivity index (χ1) is 11.8. The number of halogens is 1. The largest absolute Gasteiger partial charge is 0.455 e. The van der Waals surface area contributed by atoms with Crippen LogP contribution in [-0.2, 0) is 11.2 Å². The van der Waals surface area contributed by atoms with E-state index in [2.05, 4.69) is 10.3 Å². The third-order valence-corrected chi connectivity index (χ3v) is 3.81. The quantitative estimate of drug-likeness (QED) is 0.888. The Labute approximate surface area is 146 Å². The van der Waals surface area contributed by atoms with Gasteiger partial charge >= 0.3 is 6.09 Å². The van der Waals surface area contributed by atoms with Gasteiger partial charge in [-0.05, 0) is 51.1 Å². The standard InChI is InChI=1S/C19H21FN2O3/c1-19(2,3)25-18(23)22-11-12-9-15-17(5-4-8-21-15)24-16-7-6-13(20)10-14(12)16/h4-8,10,12H,9,11H2,1-3H3,(H,22,23). The molecule has 0 saturated heterocycles. The minimum Gasteiger partial charge on any atom is -0.455 e. The van der Waals surface area contributed by atoms with Gasteiger partial charge in [0.05, 0.1) is 5.69 Å². The number of pyridine rings is 1. The van der Waals surface area contributed by atoms with Crippen LogP contribution in [0.2, 0.25) is 0 Å². The minimum absolute atomic E-state index is 0.172. The molecule has 0 saturated carbocycles. The van der Waals surface area contributed by atoms with E-state index in [1.54, 1.807) is 39.1 Å². The van der Waals surface area contributed by atoms with Crippen LogP contribution in [0.1, 0.15) is 37.9 Å². The van der Waals surface area contributed by atoms with Crippen LogP contribution in [0, 0.1) is 5.82 Å². The molecule has 1 atom stereocenters. The van der Waals surface area contributed by atoms with Gasteiger partial charge in [0.2, 0.25) is 0 Å². The molecule has 0 aliphatic carbocycles. The summed E-state index contributed by atoms with van der Waals surface area (Å²) in [7, 11) is 0. The van der Waals surface area contributed by atoms with E-state index >= 15 is 0 Å². The van der Waals surface area contributed by atoms with Crippen LogP contribution in [0.5, 0.6) is 11.5 Å². The van der Waals surface area contributed by atoms with Crippen LogP contribution < -0.4 is 10.1 Å². The van der Waals surface area contributed by atoms with Crippen molar-refractivity contribution in [2.75, 3.05) is 6.54 Å². The van der Waals surface area contributed by atoms with Crippen molar-refractivity contribution in [3.63, 3.8) is 0 Å². The van der Waals surface area contributed by atoms with Gasteiger partial charge in [0, 0.05) is 30.6 Å². The zero-order valence-corrected chi connectivity index (χ0v) is 14.5. The van der Waals surface area contributed by atoms with Crippen molar-refractivity contribution in [1.82, 2.24) is 10.3 Å². The zero-order chi connectivity index (χ0) is 18.0. The van der Waals surface area contributed by atoms with Crippen molar-refractivity contribution in [3.05, 3.63) is 53.6 Å². The highest BCUT2D eigenvalue weighted by atomic mass is 19.1. The molecule has 1 aliphatic heterocycles. The summed E-state index contributed by atoms with van der Waals surface area (Å²) in [6.45, 7) is 5.70. The Hall–Kier alpha value is -2.63. The van der Waals surface area contributed by atoms with Gasteiger partial charge in [0.25, 0.3) is 0 Å². The molecule has 132 valence electrons. The van der Waals surface area contributed by atoms with Gasteiger partial charge in [0.15, 0.2) is 0 Å². The monoisotopic (exact) mass is 344 g/mol. The van der Waals surface area contributed by atoms with Crippen LogP contribution in [-0.4, -0.2) is 23.2 Å². The van der Waals surface area contributed by atoms with E-state index in [9.17, 15) is 9.18 Å². The number of rotatable bonds is 2. The Morgan fingerprint density at radius 1 is 1.36 bits per heavy atom. The Bertz CT molecular complexity index is 786. The van der Waals surface area contributed by atoms with E-state index in [-0.39, 0.29) is 11.7 Å². The van der Waals surface area contributed by atoms with Crippen molar-refractivity contribution >= 4 is 6.09 Å². The summed E-state index contributed by atoms with van der Waals surface area (Å²) in [4.78, 5) is 16.3. The van der Waals surface area contributed by atoms with E-state index in [1.807, 2.05) is 6.07 Å². The van der Waals surface area contributed by atoms with Crippen molar-refractivity contribution in [1.29, 1.82) is 0 Å². The second kappa shape index (κ2) is 6.70. The number of ether oxygens (including phenoxy) is 2. The molecule has 0 radical (unpaired) electrons. The van der Waals surface area contributed by atoms with E-state index in [1.165, 1.54) is 12.1 Å². The first kappa shape index (κ1) is 17.2. The molecule has 2 heterocycles. The molecule has 3 rings (SSSR count). The first-order valence-electron chi connectivity index (χ1n) is 8.20. The van der Waals surface area contributed by atoms with Crippen LogP contribution in [0.25, 0.3) is 0 Å². The number of nitrogens with one attached hydrogen (secondary N) is 1. The highest BCUT2D eigenvalue weighted by Crippen LogP contribution is 2.38. The number of amides is 1. The van der Waals surface area contributed by atoms with Gasteiger partial charge in [-0.2, -0.15) is 0 Å². The summed E-state index contributed by atoms with van der Waals surface area (Å²) < 4.78 is 24.9. The predicted octanol–water partition coefficient (Wildman–Crippen LogP) is 4.18. The fourth-order valence-corrected chi connectivity index (χ4v) is 2.77. The molecule has 1 unspecified atom stereocenters. The second-order valence-corrected chi connectivity index (χ2v) is 7.02. The Balaban J connectivity index is 1.84. The molecule has 5 nitrogen and oxygen atoms in total. The number of alkyl carbamates (subject to hydrolysis) is 1. The smallest absolute Gasteiger partial charge is 0.407 e. The van der Waals surface area contributed by atoms with Crippen LogP contribution >= 0.6 is 0 Å². The fourth-order valence-electron chi connectivity index (χ4n) is 2.77. The van der Waals surface area contributed by atoms with E-state index in [0.29, 0.717) is 30.0 Å². The van der Waals surface area contributed by atoms with Crippen LogP contribution in [0.3, 0.4) is 0 Å². The maximum absolute atomic E-state index is 13.8. The highest BCUT2D eigenvalue weighted by molar-refractivity contribution is 5.67. The lowest BCUT2D eigenvalue weighted by Crippen LogP contribution is -2.35. The molecule has 0 bridgehead atoms. The van der Waals surface area contributed by atoms with Gasteiger partial charge in [-0.1, -0.05) is 0 Å². The molecule has 1 aromatic carbocycles. The molecule has 1 aromatic heterocycles. The Kier molecular flexibility index (Phi) is 4.61. The predicted molar refractivity (Wildman–Crippen MR) is 91.4 cm³/mol. The summed E-state index contributed by atoms with van der Waals surface area (Å²) in [6, 6.07) is 8.04. The zero-order valence-electron chi connectivity index (χ0n) is 14.5. The third-order valence-electron chi connectivity index (χ3n) is 3.81. The summed E-state index contributed by atoms with van der Waals surface area (Å²) in [5.74, 6) is 0.706. The number of fused-ring (bicyclic) bond motifs is 2. The lowest BCUT2D eigenvalue weighted by molar-refractivity contribution is 0.0524. The maximum atomic E-state index is 13.8. The summed E-state index contributed by atoms with van der Waals surface area (Å²) in [6.07, 6.45) is 1.72. The molecule has 6 heteroatoms. The first-order valence-corrected chi connectivity index (χ1v) is 8.20. The summed E-state index contributed by atoms with van der Waals surface area (Å²) in [5.41, 5.74) is 0.901. The minimum atomic E-state index is -0.575. The number of nitrogens with zero attached hydrogens (tertiary/aromatic N) is 1. The number of carbonyl (C=O) groups is 1. The van der Waals surface area contributed by atoms with E-state index in [0.717, 1.165) is 5.69 Å². The molecule has 25 heavy (non-hydrogen) atoms. The van der Waals surface area contributed by atoms with Crippen molar-refractivity contribution in [2.45, 2.75) is 38.7 Å². The SMILES string of the molecule is CC(C)(C)OC(=O)NCC1Cc2ncccc2Oc2ccc(F)cc21. The number of benzene rings is 1. The molecule has 1 amide bonds. The van der Waals surface area contributed by atoms with E-state index in [4.69, 9.17) is 9.47 Å². The van der Waals surface area contributed by atoms with E-state index < -0.39 is 11.7 Å². The van der Waals surface area contributed by atoms with Crippen molar-refractivity contribution in [2.24, 2.45) is 0 Å². The van der Waals surface area contributed by atoms with Gasteiger partial charge in [-0.3, -0.25) is 4.98 Å². The Morgan fingerprint density at radius 3 is 2.92 bits per heavy atom. The lowest BCUT2D eigenvalue weighted by atomic mass is 9.93. The average Bonchev–Trinajstić information content (AvgIpc) is 2.67. The molecule has 0 fully saturated rings. The number of carbonyl (C=O) groups excluding carboxylic acids is 1. The van der Waals surface area contributed by atoms with Crippen molar-refractivity contribution < 1.29 is 18.7 Å². The van der Waals surface area contributed by atoms with Crippen LogP contribution in [0.4, 0.5) is 9.18 Å². The molecule has 1 aliphatic rings.